The van der Waals surface area contributed by atoms with Crippen molar-refractivity contribution in [2.24, 2.45) is 5.92 Å². The summed E-state index contributed by atoms with van der Waals surface area (Å²) in [5.41, 5.74) is 0.824. The summed E-state index contributed by atoms with van der Waals surface area (Å²) in [5, 5.41) is 2.50. The number of hydrogen-bond acceptors (Lipinski definition) is 2. The van der Waals surface area contributed by atoms with Gasteiger partial charge in [-0.25, -0.2) is 4.98 Å². The standard InChI is InChI=1S/C14H17F3N2O/c1-9-5-4-8-12(18-9)13(20)19-11-7-3-2-6-10(11)14(15,16)17/h4-5,8,10-11H,2-3,6-7H2,1H3,(H,19,20). The number of nitrogens with zero attached hydrogens (tertiary/aromatic N) is 1. The van der Waals surface area contributed by atoms with Crippen LogP contribution in [0.25, 0.3) is 0 Å². The zero-order valence-electron chi connectivity index (χ0n) is 11.2. The monoisotopic (exact) mass is 286 g/mol. The topological polar surface area (TPSA) is 42.0 Å². The number of aromatic nitrogens is 1. The van der Waals surface area contributed by atoms with Crippen LogP contribution in [0.15, 0.2) is 18.2 Å². The molecule has 1 saturated carbocycles. The number of aryl methyl sites for hydroxylation is 1. The quantitative estimate of drug-likeness (QED) is 0.907. The zero-order valence-corrected chi connectivity index (χ0v) is 11.2. The van der Waals surface area contributed by atoms with E-state index >= 15 is 0 Å². The second-order valence-electron chi connectivity index (χ2n) is 5.18. The van der Waals surface area contributed by atoms with Gasteiger partial charge in [-0.2, -0.15) is 13.2 Å². The molecule has 0 radical (unpaired) electrons. The molecule has 2 rings (SSSR count). The largest absolute Gasteiger partial charge is 0.393 e. The molecule has 6 heteroatoms. The summed E-state index contributed by atoms with van der Waals surface area (Å²) >= 11 is 0. The SMILES string of the molecule is Cc1cccc(C(=O)NC2CCCCC2C(F)(F)F)n1. The average molecular weight is 286 g/mol. The van der Waals surface area contributed by atoms with Crippen molar-refractivity contribution in [3.05, 3.63) is 29.6 Å². The van der Waals surface area contributed by atoms with Crippen LogP contribution >= 0.6 is 0 Å². The van der Waals surface area contributed by atoms with E-state index in [0.717, 1.165) is 0 Å². The molecule has 0 aliphatic heterocycles. The third-order valence-corrected chi connectivity index (χ3v) is 3.62. The molecule has 1 fully saturated rings. The Balaban J connectivity index is 2.09. The van der Waals surface area contributed by atoms with Crippen LogP contribution < -0.4 is 5.32 Å². The first kappa shape index (κ1) is 14.8. The Morgan fingerprint density at radius 1 is 1.30 bits per heavy atom. The number of hydrogen-bond donors (Lipinski definition) is 1. The molecule has 110 valence electrons. The van der Waals surface area contributed by atoms with E-state index in [9.17, 15) is 18.0 Å². The Bertz CT molecular complexity index is 488. The predicted octanol–water partition coefficient (Wildman–Crippen LogP) is 3.24. The third kappa shape index (κ3) is 3.49. The smallest absolute Gasteiger partial charge is 0.347 e. The molecule has 2 unspecified atom stereocenters. The van der Waals surface area contributed by atoms with Crippen LogP contribution in [0.4, 0.5) is 13.2 Å². The van der Waals surface area contributed by atoms with Crippen molar-refractivity contribution < 1.29 is 18.0 Å². The first-order valence-electron chi connectivity index (χ1n) is 6.69. The zero-order chi connectivity index (χ0) is 14.8. The molecule has 1 N–H and O–H groups in total. The molecule has 1 heterocycles. The minimum absolute atomic E-state index is 0.0791. The molecule has 1 aromatic rings. The Morgan fingerprint density at radius 2 is 2.00 bits per heavy atom. The van der Waals surface area contributed by atoms with E-state index < -0.39 is 24.0 Å². The molecule has 1 aromatic heterocycles. The van der Waals surface area contributed by atoms with Gasteiger partial charge in [0.15, 0.2) is 0 Å². The van der Waals surface area contributed by atoms with Crippen molar-refractivity contribution in [2.75, 3.05) is 0 Å². The van der Waals surface area contributed by atoms with E-state index in [1.54, 1.807) is 19.1 Å². The Hall–Kier alpha value is -1.59. The van der Waals surface area contributed by atoms with Crippen molar-refractivity contribution in [3.63, 3.8) is 0 Å². The summed E-state index contributed by atoms with van der Waals surface area (Å²) in [5.74, 6) is -1.99. The van der Waals surface area contributed by atoms with Gasteiger partial charge in [0.25, 0.3) is 5.91 Å². The highest BCUT2D eigenvalue weighted by Gasteiger charge is 2.46. The van der Waals surface area contributed by atoms with Gasteiger partial charge in [0.2, 0.25) is 0 Å². The third-order valence-electron chi connectivity index (χ3n) is 3.62. The number of amides is 1. The van der Waals surface area contributed by atoms with Crippen molar-refractivity contribution in [3.8, 4) is 0 Å². The molecule has 2 atom stereocenters. The van der Waals surface area contributed by atoms with Crippen molar-refractivity contribution >= 4 is 5.91 Å². The number of halogens is 3. The minimum Gasteiger partial charge on any atom is -0.347 e. The molecule has 0 spiro atoms. The van der Waals surface area contributed by atoms with Gasteiger partial charge in [-0.15, -0.1) is 0 Å². The molecule has 1 aliphatic carbocycles. The molecule has 20 heavy (non-hydrogen) atoms. The number of carbonyl (C=O) groups is 1. The predicted molar refractivity (Wildman–Crippen MR) is 68.2 cm³/mol. The highest BCUT2D eigenvalue weighted by atomic mass is 19.4. The number of nitrogens with one attached hydrogen (secondary N) is 1. The second-order valence-corrected chi connectivity index (χ2v) is 5.18. The lowest BCUT2D eigenvalue weighted by Gasteiger charge is -2.33. The highest BCUT2D eigenvalue weighted by molar-refractivity contribution is 5.92. The normalized spacial score (nSPS) is 23.4. The Morgan fingerprint density at radius 3 is 2.65 bits per heavy atom. The van der Waals surface area contributed by atoms with E-state index in [-0.39, 0.29) is 12.1 Å². The van der Waals surface area contributed by atoms with Crippen molar-refractivity contribution in [1.82, 2.24) is 10.3 Å². The van der Waals surface area contributed by atoms with Crippen molar-refractivity contribution in [1.29, 1.82) is 0 Å². The van der Waals surface area contributed by atoms with E-state index in [1.807, 2.05) is 0 Å². The molecular weight excluding hydrogens is 269 g/mol. The Kier molecular flexibility index (Phi) is 4.30. The van der Waals surface area contributed by atoms with Crippen molar-refractivity contribution in [2.45, 2.75) is 44.8 Å². The minimum atomic E-state index is -4.27. The maximum atomic E-state index is 12.9. The fourth-order valence-electron chi connectivity index (χ4n) is 2.61. The lowest BCUT2D eigenvalue weighted by molar-refractivity contribution is -0.187. The first-order chi connectivity index (χ1) is 9.38. The summed E-state index contributed by atoms with van der Waals surface area (Å²) in [6.07, 6.45) is -2.56. The van der Waals surface area contributed by atoms with Gasteiger partial charge in [-0.3, -0.25) is 4.79 Å². The molecule has 0 saturated heterocycles. The summed E-state index contributed by atoms with van der Waals surface area (Å²) in [6.45, 7) is 1.73. The van der Waals surface area contributed by atoms with Crippen LogP contribution in [-0.2, 0) is 0 Å². The summed E-state index contributed by atoms with van der Waals surface area (Å²) in [6, 6.07) is 4.06. The van der Waals surface area contributed by atoms with Gasteiger partial charge in [0.1, 0.15) is 5.69 Å². The van der Waals surface area contributed by atoms with Gasteiger partial charge in [0.05, 0.1) is 5.92 Å². The maximum absolute atomic E-state index is 12.9. The lowest BCUT2D eigenvalue weighted by Crippen LogP contribution is -2.47. The van der Waals surface area contributed by atoms with Gasteiger partial charge >= 0.3 is 6.18 Å². The van der Waals surface area contributed by atoms with Crippen LogP contribution in [0.2, 0.25) is 0 Å². The van der Waals surface area contributed by atoms with E-state index in [2.05, 4.69) is 10.3 Å². The number of alkyl halides is 3. The van der Waals surface area contributed by atoms with Crippen LogP contribution in [0.5, 0.6) is 0 Å². The van der Waals surface area contributed by atoms with Gasteiger partial charge in [0, 0.05) is 11.7 Å². The second kappa shape index (κ2) is 5.81. The van der Waals surface area contributed by atoms with E-state index in [0.29, 0.717) is 25.0 Å². The molecule has 1 amide bonds. The highest BCUT2D eigenvalue weighted by Crippen LogP contribution is 2.37. The average Bonchev–Trinajstić information content (AvgIpc) is 2.38. The van der Waals surface area contributed by atoms with Crippen LogP contribution in [0, 0.1) is 12.8 Å². The van der Waals surface area contributed by atoms with Gasteiger partial charge < -0.3 is 5.32 Å². The van der Waals surface area contributed by atoms with Gasteiger partial charge in [-0.1, -0.05) is 18.9 Å². The van der Waals surface area contributed by atoms with Crippen LogP contribution in [0.1, 0.15) is 41.9 Å². The summed E-state index contributed by atoms with van der Waals surface area (Å²) in [4.78, 5) is 16.0. The first-order valence-corrected chi connectivity index (χ1v) is 6.69. The van der Waals surface area contributed by atoms with Crippen LogP contribution in [-0.4, -0.2) is 23.1 Å². The number of carbonyl (C=O) groups excluding carboxylic acids is 1. The molecule has 3 nitrogen and oxygen atoms in total. The molecule has 1 aliphatic rings. The maximum Gasteiger partial charge on any atom is 0.393 e. The lowest BCUT2D eigenvalue weighted by atomic mass is 9.84. The fourth-order valence-corrected chi connectivity index (χ4v) is 2.61. The van der Waals surface area contributed by atoms with Crippen LogP contribution in [0.3, 0.4) is 0 Å². The number of rotatable bonds is 2. The summed E-state index contributed by atoms with van der Waals surface area (Å²) < 4.78 is 38.8. The number of pyridine rings is 1. The molecular formula is C14H17F3N2O. The van der Waals surface area contributed by atoms with Gasteiger partial charge in [-0.05, 0) is 31.9 Å². The molecule has 0 bridgehead atoms. The fraction of sp³-hybridized carbons (Fsp3) is 0.571. The van der Waals surface area contributed by atoms with E-state index in [4.69, 9.17) is 0 Å². The summed E-state index contributed by atoms with van der Waals surface area (Å²) in [7, 11) is 0. The molecule has 0 aromatic carbocycles. The van der Waals surface area contributed by atoms with E-state index in [1.165, 1.54) is 6.07 Å². The Labute approximate surface area is 115 Å².